The average molecular weight is 412 g/mol. The molecule has 6 heteroatoms. The van der Waals surface area contributed by atoms with E-state index in [2.05, 4.69) is 14.1 Å². The summed E-state index contributed by atoms with van der Waals surface area (Å²) in [6, 6.07) is 12.6. The van der Waals surface area contributed by atoms with E-state index in [-0.39, 0.29) is 23.1 Å². The van der Waals surface area contributed by atoms with Crippen LogP contribution in [0.25, 0.3) is 0 Å². The number of halogens is 1. The average Bonchev–Trinajstić information content (AvgIpc) is 3.17. The lowest BCUT2D eigenvalue weighted by molar-refractivity contribution is -0.879. The molecule has 0 spiro atoms. The number of nitrogens with zero attached hydrogens (tertiary/aromatic N) is 1. The van der Waals surface area contributed by atoms with Crippen molar-refractivity contribution in [2.45, 2.75) is 18.1 Å². The number of carbonyl (C=O) groups is 1. The Hall–Kier alpha value is -1.21. The third-order valence-electron chi connectivity index (χ3n) is 4.39. The number of ether oxygens (including phenoxy) is 1. The van der Waals surface area contributed by atoms with Crippen LogP contribution in [0.2, 0.25) is 0 Å². The minimum atomic E-state index is -1.74. The largest absolute Gasteiger partial charge is 1.00 e. The molecule has 0 saturated carbocycles. The van der Waals surface area contributed by atoms with Crippen LogP contribution in [0.1, 0.15) is 16.9 Å². The van der Waals surface area contributed by atoms with Crippen LogP contribution in [0.3, 0.4) is 0 Å². The fourth-order valence-electron chi connectivity index (χ4n) is 3.08. The van der Waals surface area contributed by atoms with Gasteiger partial charge in [0.2, 0.25) is 5.60 Å². The Balaban J connectivity index is 0.00000208. The molecule has 0 radical (unpaired) electrons. The molecule has 130 valence electrons. The second kappa shape index (κ2) is 7.35. The zero-order valence-electron chi connectivity index (χ0n) is 13.8. The van der Waals surface area contributed by atoms with E-state index in [1.54, 1.807) is 18.2 Å². The number of benzene rings is 1. The third-order valence-corrected chi connectivity index (χ3v) is 5.37. The summed E-state index contributed by atoms with van der Waals surface area (Å²) in [5, 5.41) is 13.1. The lowest BCUT2D eigenvalue weighted by Crippen LogP contribution is -3.00. The number of carbonyl (C=O) groups excluding carboxylic acids is 1. The van der Waals surface area contributed by atoms with Gasteiger partial charge in [-0.25, -0.2) is 4.79 Å². The summed E-state index contributed by atoms with van der Waals surface area (Å²) in [5.74, 6) is -0.585. The Morgan fingerprint density at radius 2 is 1.96 bits per heavy atom. The van der Waals surface area contributed by atoms with Crippen LogP contribution in [0.15, 0.2) is 47.8 Å². The second-order valence-corrected chi connectivity index (χ2v) is 7.66. The molecule has 0 aliphatic carbocycles. The SMILES string of the molecule is C[N+]1(C)CCC(OC(=O)C(O)(c2ccccc2)c2cccs2)C1.[Br-]. The molecular formula is C18H22BrNO3S. The molecule has 1 aromatic carbocycles. The molecule has 2 atom stereocenters. The van der Waals surface area contributed by atoms with Crippen molar-refractivity contribution in [1.82, 2.24) is 0 Å². The first-order valence-corrected chi connectivity index (χ1v) is 8.65. The van der Waals surface area contributed by atoms with E-state index < -0.39 is 11.6 Å². The first-order chi connectivity index (χ1) is 10.9. The number of likely N-dealkylation sites (N-methyl/N-ethyl adjacent to an activating group) is 1. The fraction of sp³-hybridized carbons (Fsp3) is 0.389. The second-order valence-electron chi connectivity index (χ2n) is 6.71. The van der Waals surface area contributed by atoms with E-state index in [1.165, 1.54) is 11.3 Å². The number of thiophene rings is 1. The van der Waals surface area contributed by atoms with Crippen LogP contribution < -0.4 is 17.0 Å². The molecule has 1 aromatic heterocycles. The Labute approximate surface area is 157 Å². The molecule has 1 aliphatic rings. The van der Waals surface area contributed by atoms with Gasteiger partial charge in [-0.1, -0.05) is 36.4 Å². The molecular weight excluding hydrogens is 390 g/mol. The molecule has 1 saturated heterocycles. The normalized spacial score (nSPS) is 21.5. The van der Waals surface area contributed by atoms with Gasteiger partial charge in [0.1, 0.15) is 6.54 Å². The summed E-state index contributed by atoms with van der Waals surface area (Å²) >= 11 is 1.36. The first kappa shape index (κ1) is 19.1. The van der Waals surface area contributed by atoms with Crippen LogP contribution in [0.4, 0.5) is 0 Å². The number of quaternary nitrogens is 1. The molecule has 24 heavy (non-hydrogen) atoms. The number of hydrogen-bond donors (Lipinski definition) is 1. The van der Waals surface area contributed by atoms with Crippen molar-refractivity contribution >= 4 is 17.3 Å². The quantitative estimate of drug-likeness (QED) is 0.538. The number of rotatable bonds is 4. The molecule has 1 fully saturated rings. The Morgan fingerprint density at radius 3 is 2.50 bits per heavy atom. The maximum Gasteiger partial charge on any atom is 0.349 e. The van der Waals surface area contributed by atoms with Crippen LogP contribution in [0, 0.1) is 0 Å². The summed E-state index contributed by atoms with van der Waals surface area (Å²) in [5.41, 5.74) is -1.20. The molecule has 0 bridgehead atoms. The molecule has 2 heterocycles. The van der Waals surface area contributed by atoms with Crippen LogP contribution in [0.5, 0.6) is 0 Å². The van der Waals surface area contributed by atoms with Gasteiger partial charge >= 0.3 is 5.97 Å². The maximum absolute atomic E-state index is 12.9. The van der Waals surface area contributed by atoms with Crippen molar-refractivity contribution in [3.63, 3.8) is 0 Å². The number of hydrogen-bond acceptors (Lipinski definition) is 4. The van der Waals surface area contributed by atoms with Gasteiger partial charge in [-0.2, -0.15) is 0 Å². The summed E-state index contributed by atoms with van der Waals surface area (Å²) < 4.78 is 6.53. The molecule has 2 aromatic rings. The van der Waals surface area contributed by atoms with Gasteiger partial charge in [-0.05, 0) is 11.4 Å². The van der Waals surface area contributed by atoms with Crippen LogP contribution in [-0.2, 0) is 15.1 Å². The van der Waals surface area contributed by atoms with Crippen molar-refractivity contribution in [2.24, 2.45) is 0 Å². The lowest BCUT2D eigenvalue weighted by Gasteiger charge is -2.27. The van der Waals surface area contributed by atoms with E-state index in [4.69, 9.17) is 4.74 Å². The van der Waals surface area contributed by atoms with Gasteiger partial charge < -0.3 is 31.3 Å². The third kappa shape index (κ3) is 3.72. The highest BCUT2D eigenvalue weighted by Crippen LogP contribution is 2.35. The van der Waals surface area contributed by atoms with Crippen molar-refractivity contribution in [3.05, 3.63) is 58.3 Å². The van der Waals surface area contributed by atoms with Crippen molar-refractivity contribution in [3.8, 4) is 0 Å². The number of likely N-dealkylation sites (tertiary alicyclic amines) is 1. The predicted octanol–water partition coefficient (Wildman–Crippen LogP) is -0.620. The van der Waals surface area contributed by atoms with Crippen molar-refractivity contribution < 1.29 is 36.1 Å². The molecule has 3 rings (SSSR count). The van der Waals surface area contributed by atoms with E-state index >= 15 is 0 Å². The van der Waals surface area contributed by atoms with Gasteiger partial charge in [-0.15, -0.1) is 11.3 Å². The maximum atomic E-state index is 12.9. The van der Waals surface area contributed by atoms with Gasteiger partial charge in [-0.3, -0.25) is 0 Å². The van der Waals surface area contributed by atoms with Gasteiger partial charge in [0.15, 0.2) is 6.10 Å². The van der Waals surface area contributed by atoms with E-state index in [0.29, 0.717) is 10.4 Å². The lowest BCUT2D eigenvalue weighted by atomic mass is 9.92. The summed E-state index contributed by atoms with van der Waals surface area (Å²) in [4.78, 5) is 13.4. The van der Waals surface area contributed by atoms with Crippen LogP contribution >= 0.6 is 11.3 Å². The Morgan fingerprint density at radius 1 is 1.25 bits per heavy atom. The smallest absolute Gasteiger partial charge is 0.349 e. The van der Waals surface area contributed by atoms with Gasteiger partial charge in [0.05, 0.1) is 25.5 Å². The number of aliphatic hydroxyl groups is 1. The van der Waals surface area contributed by atoms with Gasteiger partial charge in [0, 0.05) is 12.0 Å². The highest BCUT2D eigenvalue weighted by molar-refractivity contribution is 7.10. The minimum Gasteiger partial charge on any atom is -1.00 e. The molecule has 0 amide bonds. The number of esters is 1. The molecule has 1 aliphatic heterocycles. The van der Waals surface area contributed by atoms with E-state index in [1.807, 2.05) is 29.6 Å². The van der Waals surface area contributed by atoms with E-state index in [9.17, 15) is 9.90 Å². The summed E-state index contributed by atoms with van der Waals surface area (Å²) in [6.45, 7) is 1.75. The highest BCUT2D eigenvalue weighted by atomic mass is 79.9. The topological polar surface area (TPSA) is 46.5 Å². The molecule has 2 unspecified atom stereocenters. The summed E-state index contributed by atoms with van der Waals surface area (Å²) in [7, 11) is 4.24. The predicted molar refractivity (Wildman–Crippen MR) is 90.1 cm³/mol. The standard InChI is InChI=1S/C18H22NO3S.BrH/c1-19(2)11-10-15(13-19)22-17(20)18(21,16-9-6-12-23-16)14-7-4-3-5-8-14;/h3-9,12,15,21H,10-11,13H2,1-2H3;1H/q+1;/p-1. The summed E-state index contributed by atoms with van der Waals surface area (Å²) in [6.07, 6.45) is 0.682. The Bertz CT molecular complexity index is 675. The Kier molecular flexibility index (Phi) is 5.86. The minimum absolute atomic E-state index is 0. The monoisotopic (exact) mass is 411 g/mol. The van der Waals surface area contributed by atoms with Gasteiger partial charge in [0.25, 0.3) is 0 Å². The highest BCUT2D eigenvalue weighted by Gasteiger charge is 2.45. The van der Waals surface area contributed by atoms with Crippen molar-refractivity contribution in [2.75, 3.05) is 27.2 Å². The molecule has 4 nitrogen and oxygen atoms in total. The van der Waals surface area contributed by atoms with Crippen LogP contribution in [-0.4, -0.2) is 48.8 Å². The fourth-order valence-corrected chi connectivity index (χ4v) is 3.92. The first-order valence-electron chi connectivity index (χ1n) is 7.77. The zero-order valence-corrected chi connectivity index (χ0v) is 16.2. The molecule has 1 N–H and O–H groups in total. The van der Waals surface area contributed by atoms with Crippen molar-refractivity contribution in [1.29, 1.82) is 0 Å². The zero-order chi connectivity index (χ0) is 16.5. The van der Waals surface area contributed by atoms with E-state index in [0.717, 1.165) is 24.0 Å².